The maximum atomic E-state index is 4.76. The second kappa shape index (κ2) is 5.68. The van der Waals surface area contributed by atoms with E-state index in [9.17, 15) is 0 Å². The van der Waals surface area contributed by atoms with Gasteiger partial charge < -0.3 is 5.32 Å². The number of rotatable bonds is 3. The first-order valence-corrected chi connectivity index (χ1v) is 7.15. The van der Waals surface area contributed by atoms with Gasteiger partial charge in [0, 0.05) is 37.6 Å². The molecule has 1 aliphatic heterocycles. The van der Waals surface area contributed by atoms with Crippen LogP contribution in [0.3, 0.4) is 0 Å². The van der Waals surface area contributed by atoms with E-state index in [1.807, 2.05) is 0 Å². The zero-order valence-electron chi connectivity index (χ0n) is 11.5. The molecule has 2 heterocycles. The number of piperazine rings is 1. The van der Waals surface area contributed by atoms with Crippen LogP contribution < -0.4 is 5.32 Å². The summed E-state index contributed by atoms with van der Waals surface area (Å²) >= 11 is 0. The number of para-hydroxylation sites is 1. The normalized spacial score (nSPS) is 20.8. The molecule has 0 bridgehead atoms. The Morgan fingerprint density at radius 2 is 2.16 bits per heavy atom. The van der Waals surface area contributed by atoms with E-state index in [1.54, 1.807) is 0 Å². The number of benzene rings is 1. The van der Waals surface area contributed by atoms with Crippen LogP contribution in [0.4, 0.5) is 0 Å². The van der Waals surface area contributed by atoms with Crippen molar-refractivity contribution in [3.63, 3.8) is 0 Å². The number of hydrogen-bond acceptors (Lipinski definition) is 3. The predicted octanol–water partition coefficient (Wildman–Crippen LogP) is 2.42. The fourth-order valence-corrected chi connectivity index (χ4v) is 2.74. The molecule has 1 N–H and O–H groups in total. The van der Waals surface area contributed by atoms with Crippen LogP contribution in [0.25, 0.3) is 10.9 Å². The lowest BCUT2D eigenvalue weighted by Crippen LogP contribution is -2.49. The van der Waals surface area contributed by atoms with Crippen LogP contribution >= 0.6 is 0 Å². The average Bonchev–Trinajstić information content (AvgIpc) is 2.47. The van der Waals surface area contributed by atoms with Crippen molar-refractivity contribution >= 4 is 10.9 Å². The van der Waals surface area contributed by atoms with Gasteiger partial charge >= 0.3 is 0 Å². The minimum atomic E-state index is 0.634. The molecule has 1 aromatic carbocycles. The average molecular weight is 255 g/mol. The maximum Gasteiger partial charge on any atom is 0.0705 e. The fraction of sp³-hybridized carbons (Fsp3) is 0.438. The van der Waals surface area contributed by atoms with Crippen LogP contribution in [-0.2, 0) is 6.54 Å². The topological polar surface area (TPSA) is 28.2 Å². The Morgan fingerprint density at radius 3 is 3.05 bits per heavy atom. The number of fused-ring (bicyclic) bond motifs is 1. The number of nitrogens with one attached hydrogen (secondary N) is 1. The van der Waals surface area contributed by atoms with Crippen molar-refractivity contribution in [3.05, 3.63) is 42.1 Å². The monoisotopic (exact) mass is 255 g/mol. The first-order chi connectivity index (χ1) is 9.35. The van der Waals surface area contributed by atoms with Gasteiger partial charge in [-0.05, 0) is 18.6 Å². The third-order valence-electron chi connectivity index (χ3n) is 3.87. The van der Waals surface area contributed by atoms with Crippen LogP contribution in [-0.4, -0.2) is 35.6 Å². The molecule has 3 rings (SSSR count). The van der Waals surface area contributed by atoms with E-state index >= 15 is 0 Å². The molecule has 1 unspecified atom stereocenters. The number of nitrogens with zero attached hydrogens (tertiary/aromatic N) is 2. The summed E-state index contributed by atoms with van der Waals surface area (Å²) in [5.74, 6) is 0. The number of hydrogen-bond donors (Lipinski definition) is 1. The summed E-state index contributed by atoms with van der Waals surface area (Å²) in [6, 6.07) is 13.3. The predicted molar refractivity (Wildman–Crippen MR) is 79.1 cm³/mol. The van der Waals surface area contributed by atoms with Crippen molar-refractivity contribution in [1.82, 2.24) is 15.2 Å². The van der Waals surface area contributed by atoms with E-state index < -0.39 is 0 Å². The van der Waals surface area contributed by atoms with Crippen molar-refractivity contribution < 1.29 is 0 Å². The lowest BCUT2D eigenvalue weighted by atomic mass is 10.1. The lowest BCUT2D eigenvalue weighted by molar-refractivity contribution is 0.188. The molecule has 100 valence electrons. The molecule has 3 nitrogen and oxygen atoms in total. The van der Waals surface area contributed by atoms with Gasteiger partial charge in [-0.2, -0.15) is 0 Å². The fourth-order valence-electron chi connectivity index (χ4n) is 2.74. The van der Waals surface area contributed by atoms with Gasteiger partial charge in [0.2, 0.25) is 0 Å². The summed E-state index contributed by atoms with van der Waals surface area (Å²) < 4.78 is 0. The Balaban J connectivity index is 1.74. The Kier molecular flexibility index (Phi) is 3.76. The molecule has 0 saturated carbocycles. The summed E-state index contributed by atoms with van der Waals surface area (Å²) in [6.07, 6.45) is 1.20. The van der Waals surface area contributed by atoms with Gasteiger partial charge in [-0.3, -0.25) is 9.88 Å². The molecule has 1 aliphatic rings. The minimum Gasteiger partial charge on any atom is -0.311 e. The van der Waals surface area contributed by atoms with Crippen LogP contribution in [0.1, 0.15) is 19.0 Å². The van der Waals surface area contributed by atoms with Crippen molar-refractivity contribution in [3.8, 4) is 0 Å². The second-order valence-corrected chi connectivity index (χ2v) is 5.29. The Labute approximate surface area is 114 Å². The van der Waals surface area contributed by atoms with E-state index in [0.29, 0.717) is 6.04 Å². The third-order valence-corrected chi connectivity index (χ3v) is 3.87. The molecular weight excluding hydrogens is 234 g/mol. The van der Waals surface area contributed by atoms with Crippen LogP contribution in [0.2, 0.25) is 0 Å². The Hall–Kier alpha value is -1.45. The number of pyridine rings is 1. The summed E-state index contributed by atoms with van der Waals surface area (Å²) in [6.45, 7) is 6.54. The van der Waals surface area contributed by atoms with Crippen molar-refractivity contribution in [2.24, 2.45) is 0 Å². The van der Waals surface area contributed by atoms with Crippen LogP contribution in [0.15, 0.2) is 36.4 Å². The summed E-state index contributed by atoms with van der Waals surface area (Å²) in [5.41, 5.74) is 2.28. The largest absolute Gasteiger partial charge is 0.311 e. The molecule has 1 saturated heterocycles. The highest BCUT2D eigenvalue weighted by atomic mass is 15.2. The first kappa shape index (κ1) is 12.6. The van der Waals surface area contributed by atoms with Gasteiger partial charge in [0.1, 0.15) is 0 Å². The van der Waals surface area contributed by atoms with Gasteiger partial charge in [-0.15, -0.1) is 0 Å². The third kappa shape index (κ3) is 2.94. The summed E-state index contributed by atoms with van der Waals surface area (Å²) in [7, 11) is 0. The molecule has 2 aromatic rings. The lowest BCUT2D eigenvalue weighted by Gasteiger charge is -2.33. The van der Waals surface area contributed by atoms with Gasteiger partial charge in [0.05, 0.1) is 11.2 Å². The van der Waals surface area contributed by atoms with Gasteiger partial charge in [-0.25, -0.2) is 0 Å². The SMILES string of the molecule is CCC1CN(Cc2ccc3ccccc3n2)CCN1. The molecule has 19 heavy (non-hydrogen) atoms. The molecule has 1 fully saturated rings. The molecule has 1 atom stereocenters. The molecule has 0 aliphatic carbocycles. The molecule has 0 amide bonds. The van der Waals surface area contributed by atoms with E-state index in [-0.39, 0.29) is 0 Å². The zero-order valence-corrected chi connectivity index (χ0v) is 11.5. The Bertz CT molecular complexity index is 552. The first-order valence-electron chi connectivity index (χ1n) is 7.15. The summed E-state index contributed by atoms with van der Waals surface area (Å²) in [5, 5.41) is 4.77. The standard InChI is InChI=1S/C16H21N3/c1-2-14-11-19(10-9-17-14)12-15-8-7-13-5-3-4-6-16(13)18-15/h3-8,14,17H,2,9-12H2,1H3. The molecule has 1 aromatic heterocycles. The van der Waals surface area contributed by atoms with E-state index in [0.717, 1.165) is 31.7 Å². The van der Waals surface area contributed by atoms with Crippen molar-refractivity contribution in [1.29, 1.82) is 0 Å². The zero-order chi connectivity index (χ0) is 13.1. The van der Waals surface area contributed by atoms with Crippen molar-refractivity contribution in [2.75, 3.05) is 19.6 Å². The van der Waals surface area contributed by atoms with Crippen molar-refractivity contribution in [2.45, 2.75) is 25.9 Å². The van der Waals surface area contributed by atoms with E-state index in [4.69, 9.17) is 4.98 Å². The van der Waals surface area contributed by atoms with Gasteiger partial charge in [0.25, 0.3) is 0 Å². The smallest absolute Gasteiger partial charge is 0.0705 e. The molecule has 0 radical (unpaired) electrons. The Morgan fingerprint density at radius 1 is 1.26 bits per heavy atom. The highest BCUT2D eigenvalue weighted by molar-refractivity contribution is 5.78. The van der Waals surface area contributed by atoms with E-state index in [1.165, 1.54) is 17.5 Å². The maximum absolute atomic E-state index is 4.76. The molecule has 0 spiro atoms. The summed E-state index contributed by atoms with van der Waals surface area (Å²) in [4.78, 5) is 7.26. The van der Waals surface area contributed by atoms with Crippen LogP contribution in [0, 0.1) is 0 Å². The quantitative estimate of drug-likeness (QED) is 0.913. The van der Waals surface area contributed by atoms with E-state index in [2.05, 4.69) is 53.5 Å². The van der Waals surface area contributed by atoms with Crippen LogP contribution in [0.5, 0.6) is 0 Å². The minimum absolute atomic E-state index is 0.634. The van der Waals surface area contributed by atoms with Gasteiger partial charge in [0.15, 0.2) is 0 Å². The number of aromatic nitrogens is 1. The highest BCUT2D eigenvalue weighted by Crippen LogP contribution is 2.14. The van der Waals surface area contributed by atoms with Gasteiger partial charge in [-0.1, -0.05) is 31.2 Å². The molecule has 3 heteroatoms. The second-order valence-electron chi connectivity index (χ2n) is 5.29. The molecular formula is C16H21N3. The highest BCUT2D eigenvalue weighted by Gasteiger charge is 2.17.